The van der Waals surface area contributed by atoms with Crippen LogP contribution in [0.15, 0.2) is 34.9 Å². The van der Waals surface area contributed by atoms with Gasteiger partial charge in [0.2, 0.25) is 5.91 Å². The molecule has 1 atom stereocenters. The summed E-state index contributed by atoms with van der Waals surface area (Å²) in [6.45, 7) is 5.30. The average molecular weight is 341 g/mol. The third-order valence-corrected chi connectivity index (χ3v) is 4.50. The van der Waals surface area contributed by atoms with Gasteiger partial charge in [-0.3, -0.25) is 9.59 Å². The van der Waals surface area contributed by atoms with E-state index in [0.29, 0.717) is 30.9 Å². The first-order chi connectivity index (χ1) is 12.0. The number of amides is 2. The Kier molecular flexibility index (Phi) is 5.16. The Morgan fingerprint density at radius 2 is 2.04 bits per heavy atom. The second kappa shape index (κ2) is 7.51. The molecule has 132 valence electrons. The van der Waals surface area contributed by atoms with Crippen molar-refractivity contribution in [2.24, 2.45) is 5.92 Å². The number of benzene rings is 1. The van der Waals surface area contributed by atoms with Crippen LogP contribution in [0.3, 0.4) is 0 Å². The first kappa shape index (κ1) is 17.2. The van der Waals surface area contributed by atoms with E-state index in [-0.39, 0.29) is 17.7 Å². The zero-order valence-corrected chi connectivity index (χ0v) is 14.6. The molecular weight excluding hydrogens is 318 g/mol. The van der Waals surface area contributed by atoms with E-state index in [1.54, 1.807) is 11.0 Å². The number of aryl methyl sites for hydroxylation is 2. The summed E-state index contributed by atoms with van der Waals surface area (Å²) in [5.41, 5.74) is 2.49. The van der Waals surface area contributed by atoms with Gasteiger partial charge in [-0.05, 0) is 38.8 Å². The van der Waals surface area contributed by atoms with Crippen molar-refractivity contribution in [3.05, 3.63) is 52.9 Å². The van der Waals surface area contributed by atoms with E-state index in [4.69, 9.17) is 4.52 Å². The molecular formula is C19H23N3O3. The van der Waals surface area contributed by atoms with Crippen LogP contribution in [-0.4, -0.2) is 35.0 Å². The van der Waals surface area contributed by atoms with Crippen molar-refractivity contribution in [3.8, 4) is 0 Å². The van der Waals surface area contributed by atoms with Crippen LogP contribution in [0.25, 0.3) is 0 Å². The molecule has 2 heterocycles. The Morgan fingerprint density at radius 3 is 2.72 bits per heavy atom. The van der Waals surface area contributed by atoms with Crippen LogP contribution < -0.4 is 5.32 Å². The van der Waals surface area contributed by atoms with Crippen molar-refractivity contribution in [2.75, 3.05) is 13.1 Å². The Bertz CT molecular complexity index is 752. The van der Waals surface area contributed by atoms with Crippen LogP contribution in [0.1, 0.15) is 40.2 Å². The summed E-state index contributed by atoms with van der Waals surface area (Å²) in [4.78, 5) is 26.8. The number of hydrogen-bond donors (Lipinski definition) is 1. The molecule has 1 aliphatic rings. The summed E-state index contributed by atoms with van der Waals surface area (Å²) in [7, 11) is 0. The molecule has 6 nitrogen and oxygen atoms in total. The second-order valence-electron chi connectivity index (χ2n) is 6.60. The number of aromatic nitrogens is 1. The zero-order chi connectivity index (χ0) is 17.8. The van der Waals surface area contributed by atoms with Gasteiger partial charge in [0.15, 0.2) is 0 Å². The minimum absolute atomic E-state index is 0.00961. The van der Waals surface area contributed by atoms with Gasteiger partial charge >= 0.3 is 0 Å². The highest BCUT2D eigenvalue weighted by atomic mass is 16.5. The van der Waals surface area contributed by atoms with E-state index in [0.717, 1.165) is 24.2 Å². The maximum Gasteiger partial charge on any atom is 0.253 e. The monoisotopic (exact) mass is 341 g/mol. The Morgan fingerprint density at radius 1 is 1.28 bits per heavy atom. The molecule has 25 heavy (non-hydrogen) atoms. The van der Waals surface area contributed by atoms with E-state index < -0.39 is 0 Å². The first-order valence-electron chi connectivity index (χ1n) is 8.59. The second-order valence-corrected chi connectivity index (χ2v) is 6.60. The molecule has 0 bridgehead atoms. The lowest BCUT2D eigenvalue weighted by atomic mass is 9.96. The number of piperidine rings is 1. The van der Waals surface area contributed by atoms with Crippen LogP contribution in [-0.2, 0) is 11.3 Å². The summed E-state index contributed by atoms with van der Waals surface area (Å²) in [6, 6.07) is 9.35. The molecule has 3 rings (SSSR count). The van der Waals surface area contributed by atoms with Gasteiger partial charge in [0, 0.05) is 24.7 Å². The lowest BCUT2D eigenvalue weighted by Crippen LogP contribution is -2.45. The summed E-state index contributed by atoms with van der Waals surface area (Å²) in [6.07, 6.45) is 1.63. The van der Waals surface area contributed by atoms with Gasteiger partial charge in [-0.2, -0.15) is 0 Å². The number of likely N-dealkylation sites (tertiary alicyclic amines) is 1. The van der Waals surface area contributed by atoms with E-state index in [1.165, 1.54) is 0 Å². The lowest BCUT2D eigenvalue weighted by Gasteiger charge is -2.32. The van der Waals surface area contributed by atoms with Gasteiger partial charge in [-0.25, -0.2) is 0 Å². The molecule has 1 fully saturated rings. The quantitative estimate of drug-likeness (QED) is 0.927. The fraction of sp³-hybridized carbons (Fsp3) is 0.421. The lowest BCUT2D eigenvalue weighted by molar-refractivity contribution is -0.126. The van der Waals surface area contributed by atoms with Crippen molar-refractivity contribution >= 4 is 11.8 Å². The van der Waals surface area contributed by atoms with E-state index >= 15 is 0 Å². The summed E-state index contributed by atoms with van der Waals surface area (Å²) in [5, 5.41) is 6.76. The minimum atomic E-state index is -0.184. The third kappa shape index (κ3) is 4.26. The van der Waals surface area contributed by atoms with Gasteiger partial charge in [0.1, 0.15) is 11.5 Å². The summed E-state index contributed by atoms with van der Waals surface area (Å²) >= 11 is 0. The zero-order valence-electron chi connectivity index (χ0n) is 14.6. The Labute approximate surface area is 147 Å². The molecule has 0 spiro atoms. The van der Waals surface area contributed by atoms with Gasteiger partial charge in [-0.15, -0.1) is 0 Å². The van der Waals surface area contributed by atoms with Crippen molar-refractivity contribution in [1.82, 2.24) is 15.4 Å². The molecule has 1 aromatic carbocycles. The third-order valence-electron chi connectivity index (χ3n) is 4.50. The van der Waals surface area contributed by atoms with Gasteiger partial charge in [0.05, 0.1) is 12.5 Å². The van der Waals surface area contributed by atoms with E-state index in [9.17, 15) is 9.59 Å². The Balaban J connectivity index is 1.57. The molecule has 0 radical (unpaired) electrons. The largest absolute Gasteiger partial charge is 0.361 e. The molecule has 0 unspecified atom stereocenters. The molecule has 0 aliphatic carbocycles. The molecule has 2 aromatic rings. The Hall–Kier alpha value is -2.63. The van der Waals surface area contributed by atoms with Crippen LogP contribution in [0.4, 0.5) is 0 Å². The van der Waals surface area contributed by atoms with Gasteiger partial charge in [-0.1, -0.05) is 22.9 Å². The van der Waals surface area contributed by atoms with Crippen LogP contribution in [0.2, 0.25) is 0 Å². The number of nitrogens with zero attached hydrogens (tertiary/aromatic N) is 2. The number of carbonyl (C=O) groups excluding carboxylic acids is 2. The number of hydrogen-bond acceptors (Lipinski definition) is 4. The summed E-state index contributed by atoms with van der Waals surface area (Å²) in [5.74, 6) is 0.486. The average Bonchev–Trinajstić information content (AvgIpc) is 3.05. The highest BCUT2D eigenvalue weighted by molar-refractivity contribution is 5.94. The number of carbonyl (C=O) groups is 2. The van der Waals surface area contributed by atoms with Crippen molar-refractivity contribution < 1.29 is 14.1 Å². The van der Waals surface area contributed by atoms with Crippen LogP contribution in [0, 0.1) is 19.8 Å². The topological polar surface area (TPSA) is 75.4 Å². The molecule has 1 aliphatic heterocycles. The molecule has 6 heteroatoms. The van der Waals surface area contributed by atoms with Crippen LogP contribution in [0.5, 0.6) is 0 Å². The fourth-order valence-corrected chi connectivity index (χ4v) is 3.08. The van der Waals surface area contributed by atoms with Crippen molar-refractivity contribution in [3.63, 3.8) is 0 Å². The van der Waals surface area contributed by atoms with Crippen molar-refractivity contribution in [2.45, 2.75) is 33.2 Å². The highest BCUT2D eigenvalue weighted by Gasteiger charge is 2.28. The van der Waals surface area contributed by atoms with Gasteiger partial charge in [0.25, 0.3) is 5.91 Å². The molecule has 0 saturated carbocycles. The predicted octanol–water partition coefficient (Wildman–Crippen LogP) is 2.46. The number of rotatable bonds is 4. The maximum absolute atomic E-state index is 12.6. The standard InChI is InChI=1S/C19H23N3O3/c1-13-5-7-15(8-6-13)19(24)22-9-3-4-16(12-22)18(23)20-11-17-10-14(2)25-21-17/h5-8,10,16H,3-4,9,11-12H2,1-2H3,(H,20,23)/t16-/m1/s1. The van der Waals surface area contributed by atoms with Crippen molar-refractivity contribution in [1.29, 1.82) is 0 Å². The fourth-order valence-electron chi connectivity index (χ4n) is 3.08. The SMILES string of the molecule is Cc1ccc(C(=O)N2CCC[C@@H](C(=O)NCc3cc(C)on3)C2)cc1. The summed E-state index contributed by atoms with van der Waals surface area (Å²) < 4.78 is 4.99. The van der Waals surface area contributed by atoms with E-state index in [1.807, 2.05) is 38.1 Å². The molecule has 1 N–H and O–H groups in total. The maximum atomic E-state index is 12.6. The van der Waals surface area contributed by atoms with Gasteiger partial charge < -0.3 is 14.7 Å². The minimum Gasteiger partial charge on any atom is -0.361 e. The van der Waals surface area contributed by atoms with E-state index in [2.05, 4.69) is 10.5 Å². The molecule has 1 saturated heterocycles. The highest BCUT2D eigenvalue weighted by Crippen LogP contribution is 2.19. The first-order valence-corrected chi connectivity index (χ1v) is 8.59. The molecule has 1 aromatic heterocycles. The van der Waals surface area contributed by atoms with Crippen LogP contribution >= 0.6 is 0 Å². The number of nitrogens with one attached hydrogen (secondary N) is 1. The predicted molar refractivity (Wildman–Crippen MR) is 92.9 cm³/mol. The molecule has 2 amide bonds. The smallest absolute Gasteiger partial charge is 0.253 e. The normalized spacial score (nSPS) is 17.4.